The molecule has 0 amide bonds. The molecule has 4 aromatic rings. The topological polar surface area (TPSA) is 67.9 Å². The van der Waals surface area contributed by atoms with E-state index in [0.29, 0.717) is 23.5 Å². The van der Waals surface area contributed by atoms with E-state index in [1.54, 1.807) is 18.0 Å². The van der Waals surface area contributed by atoms with E-state index < -0.39 is 6.36 Å². The number of ether oxygens (including phenoxy) is 1. The molecule has 42 heavy (non-hydrogen) atoms. The second-order valence-electron chi connectivity index (χ2n) is 10.0. The molecule has 7 nitrogen and oxygen atoms in total. The summed E-state index contributed by atoms with van der Waals surface area (Å²) in [4.78, 5) is 6.66. The molecule has 1 aliphatic rings. The highest BCUT2D eigenvalue weighted by Gasteiger charge is 2.31. The van der Waals surface area contributed by atoms with Crippen LogP contribution in [0.25, 0.3) is 17.1 Å². The van der Waals surface area contributed by atoms with Crippen LogP contribution < -0.4 is 9.64 Å². The van der Waals surface area contributed by atoms with Crippen molar-refractivity contribution in [3.05, 3.63) is 90.3 Å². The number of alkyl halides is 3. The molecule has 1 fully saturated rings. The standard InChI is InChI=1S/C31H31F3N6OS/c1-4-21(2)27-7-5-6-8-28(27)40-22(3)17-18-42-30(40)37-36-19-23-9-11-24(12-10-23)29-35-20-39(38-29)25-13-15-26(16-14-25)41-31(32,33)34/h5-16,19-22H,4,17-18H2,1-3H3/b36-19+,37-30-. The Bertz CT molecular complexity index is 1550. The zero-order valence-corrected chi connectivity index (χ0v) is 24.3. The van der Waals surface area contributed by atoms with Crippen LogP contribution in [-0.4, -0.2) is 44.3 Å². The summed E-state index contributed by atoms with van der Waals surface area (Å²) in [5.41, 5.74) is 4.75. The highest BCUT2D eigenvalue weighted by Crippen LogP contribution is 2.35. The summed E-state index contributed by atoms with van der Waals surface area (Å²) >= 11 is 1.72. The second-order valence-corrected chi connectivity index (χ2v) is 11.1. The third-order valence-electron chi connectivity index (χ3n) is 7.10. The predicted octanol–water partition coefficient (Wildman–Crippen LogP) is 8.07. The molecular formula is C31H31F3N6OS. The van der Waals surface area contributed by atoms with Gasteiger partial charge in [-0.25, -0.2) is 9.67 Å². The number of nitrogens with zero attached hydrogens (tertiary/aromatic N) is 6. The number of thioether (sulfide) groups is 1. The number of amidine groups is 1. The lowest BCUT2D eigenvalue weighted by Crippen LogP contribution is -2.41. The maximum absolute atomic E-state index is 12.4. The highest BCUT2D eigenvalue weighted by atomic mass is 32.2. The first-order chi connectivity index (χ1) is 20.2. The first-order valence-corrected chi connectivity index (χ1v) is 14.7. The summed E-state index contributed by atoms with van der Waals surface area (Å²) in [6.45, 7) is 6.70. The Balaban J connectivity index is 1.29. The van der Waals surface area contributed by atoms with Crippen LogP contribution in [0.2, 0.25) is 0 Å². The SMILES string of the molecule is CCC(C)c1ccccc1N1/C(=N/N=C/c2ccc(-c3ncn(-c4ccc(OC(F)(F)F)cc4)n3)cc2)SCCC1C. The maximum atomic E-state index is 12.4. The van der Waals surface area contributed by atoms with Crippen LogP contribution >= 0.6 is 11.8 Å². The van der Waals surface area contributed by atoms with Crippen molar-refractivity contribution in [2.24, 2.45) is 10.2 Å². The van der Waals surface area contributed by atoms with Crippen molar-refractivity contribution < 1.29 is 17.9 Å². The van der Waals surface area contributed by atoms with E-state index >= 15 is 0 Å². The maximum Gasteiger partial charge on any atom is 0.573 e. The molecule has 5 rings (SSSR count). The predicted molar refractivity (Wildman–Crippen MR) is 163 cm³/mol. The Morgan fingerprint density at radius 1 is 1.07 bits per heavy atom. The number of benzene rings is 3. The number of hydrogen-bond donors (Lipinski definition) is 0. The molecule has 0 radical (unpaired) electrons. The van der Waals surface area contributed by atoms with E-state index in [-0.39, 0.29) is 5.75 Å². The third-order valence-corrected chi connectivity index (χ3v) is 8.08. The minimum Gasteiger partial charge on any atom is -0.406 e. The summed E-state index contributed by atoms with van der Waals surface area (Å²) in [6, 6.07) is 21.9. The molecule has 218 valence electrons. The van der Waals surface area contributed by atoms with Gasteiger partial charge in [-0.3, -0.25) is 0 Å². The van der Waals surface area contributed by atoms with Gasteiger partial charge in [-0.1, -0.05) is 68.1 Å². The largest absolute Gasteiger partial charge is 0.573 e. The molecule has 11 heteroatoms. The van der Waals surface area contributed by atoms with Crippen LogP contribution in [0.5, 0.6) is 5.75 Å². The molecule has 0 aliphatic carbocycles. The Morgan fingerprint density at radius 2 is 1.81 bits per heavy atom. The molecule has 3 aromatic carbocycles. The van der Waals surface area contributed by atoms with Gasteiger partial charge in [0.2, 0.25) is 0 Å². The number of rotatable bonds is 8. The van der Waals surface area contributed by atoms with Crippen LogP contribution in [0.4, 0.5) is 18.9 Å². The summed E-state index contributed by atoms with van der Waals surface area (Å²) in [5.74, 6) is 1.63. The Kier molecular flexibility index (Phi) is 8.96. The number of aromatic nitrogens is 3. The summed E-state index contributed by atoms with van der Waals surface area (Å²) < 4.78 is 42.7. The lowest BCUT2D eigenvalue weighted by atomic mass is 9.96. The molecule has 2 heterocycles. The number of hydrogen-bond acceptors (Lipinski definition) is 6. The zero-order valence-electron chi connectivity index (χ0n) is 23.5. The molecule has 0 N–H and O–H groups in total. The van der Waals surface area contributed by atoms with Gasteiger partial charge in [0.25, 0.3) is 0 Å². The van der Waals surface area contributed by atoms with Crippen LogP contribution in [0.1, 0.15) is 50.7 Å². The molecule has 2 atom stereocenters. The van der Waals surface area contributed by atoms with E-state index in [1.807, 2.05) is 24.3 Å². The Morgan fingerprint density at radius 3 is 2.52 bits per heavy atom. The number of para-hydroxylation sites is 1. The van der Waals surface area contributed by atoms with Crippen LogP contribution in [0.3, 0.4) is 0 Å². The zero-order chi connectivity index (χ0) is 29.7. The minimum atomic E-state index is -4.74. The van der Waals surface area contributed by atoms with Crippen molar-refractivity contribution in [3.63, 3.8) is 0 Å². The van der Waals surface area contributed by atoms with Crippen molar-refractivity contribution in [1.29, 1.82) is 0 Å². The second kappa shape index (κ2) is 12.8. The van der Waals surface area contributed by atoms with E-state index in [0.717, 1.165) is 34.9 Å². The fraction of sp³-hybridized carbons (Fsp3) is 0.290. The fourth-order valence-corrected chi connectivity index (χ4v) is 5.82. The smallest absolute Gasteiger partial charge is 0.406 e. The Labute approximate surface area is 247 Å². The summed E-state index contributed by atoms with van der Waals surface area (Å²) in [7, 11) is 0. The lowest BCUT2D eigenvalue weighted by molar-refractivity contribution is -0.274. The van der Waals surface area contributed by atoms with Gasteiger partial charge in [-0.2, -0.15) is 5.10 Å². The van der Waals surface area contributed by atoms with E-state index in [4.69, 9.17) is 0 Å². The highest BCUT2D eigenvalue weighted by molar-refractivity contribution is 8.14. The quantitative estimate of drug-likeness (QED) is 0.153. The fourth-order valence-electron chi connectivity index (χ4n) is 4.65. The molecule has 0 bridgehead atoms. The summed E-state index contributed by atoms with van der Waals surface area (Å²) in [6.07, 6.45) is 0.640. The van der Waals surface area contributed by atoms with Crippen molar-refractivity contribution >= 4 is 28.8 Å². The minimum absolute atomic E-state index is 0.297. The van der Waals surface area contributed by atoms with Crippen molar-refractivity contribution in [2.45, 2.75) is 51.9 Å². The average Bonchev–Trinajstić information content (AvgIpc) is 3.47. The van der Waals surface area contributed by atoms with Gasteiger partial charge in [0.05, 0.1) is 11.9 Å². The van der Waals surface area contributed by atoms with E-state index in [9.17, 15) is 13.2 Å². The van der Waals surface area contributed by atoms with Gasteiger partial charge in [0.1, 0.15) is 12.1 Å². The lowest BCUT2D eigenvalue weighted by Gasteiger charge is -2.37. The van der Waals surface area contributed by atoms with Gasteiger partial charge < -0.3 is 9.64 Å². The first kappa shape index (κ1) is 29.4. The van der Waals surface area contributed by atoms with Gasteiger partial charge in [0, 0.05) is 23.0 Å². The average molecular weight is 593 g/mol. The van der Waals surface area contributed by atoms with Gasteiger partial charge in [0.15, 0.2) is 11.0 Å². The molecule has 2 unspecified atom stereocenters. The normalized spacial score (nSPS) is 17.6. The monoisotopic (exact) mass is 592 g/mol. The number of anilines is 1. The van der Waals surface area contributed by atoms with Crippen LogP contribution in [0.15, 0.2) is 89.3 Å². The Hall–Kier alpha value is -4.12. The van der Waals surface area contributed by atoms with Gasteiger partial charge in [-0.05, 0) is 67.1 Å². The van der Waals surface area contributed by atoms with Gasteiger partial charge in [-0.15, -0.1) is 23.4 Å². The third kappa shape index (κ3) is 7.02. The molecule has 0 spiro atoms. The van der Waals surface area contributed by atoms with Gasteiger partial charge >= 0.3 is 6.36 Å². The van der Waals surface area contributed by atoms with Crippen LogP contribution in [0, 0.1) is 0 Å². The van der Waals surface area contributed by atoms with Crippen molar-refractivity contribution in [1.82, 2.24) is 14.8 Å². The molecule has 1 aliphatic heterocycles. The molecular weight excluding hydrogens is 561 g/mol. The van der Waals surface area contributed by atoms with Crippen molar-refractivity contribution in [3.8, 4) is 22.8 Å². The first-order valence-electron chi connectivity index (χ1n) is 13.7. The molecule has 0 saturated carbocycles. The van der Waals surface area contributed by atoms with E-state index in [2.05, 4.69) is 75.0 Å². The molecule has 1 aromatic heterocycles. The van der Waals surface area contributed by atoms with E-state index in [1.165, 1.54) is 46.5 Å². The van der Waals surface area contributed by atoms with Crippen LogP contribution in [-0.2, 0) is 0 Å². The summed E-state index contributed by atoms with van der Waals surface area (Å²) in [5, 5.41) is 14.4. The molecule has 1 saturated heterocycles. The van der Waals surface area contributed by atoms with Crippen molar-refractivity contribution in [2.75, 3.05) is 10.7 Å². The number of halogens is 3.